The minimum Gasteiger partial charge on any atom is -0.483 e. The number of piperazine rings is 1. The summed E-state index contributed by atoms with van der Waals surface area (Å²) in [4.78, 5) is 7.44. The molecule has 5 heteroatoms. The van der Waals surface area contributed by atoms with Crippen LogP contribution in [0.1, 0.15) is 24.4 Å². The Morgan fingerprint density at radius 3 is 2.39 bits per heavy atom. The quantitative estimate of drug-likeness (QED) is 0.501. The van der Waals surface area contributed by atoms with Crippen molar-refractivity contribution in [3.8, 4) is 5.75 Å². The summed E-state index contributed by atoms with van der Waals surface area (Å²) < 4.78 is 8.56. The molecule has 4 aromatic rings. The zero-order chi connectivity index (χ0) is 21.0. The Kier molecular flexibility index (Phi) is 5.59. The van der Waals surface area contributed by atoms with E-state index in [9.17, 15) is 0 Å². The molecule has 0 saturated carbocycles. The van der Waals surface area contributed by atoms with E-state index >= 15 is 0 Å². The zero-order valence-electron chi connectivity index (χ0n) is 17.9. The lowest BCUT2D eigenvalue weighted by atomic mass is 10.2. The lowest BCUT2D eigenvalue weighted by Gasteiger charge is -2.29. The lowest BCUT2D eigenvalue weighted by molar-refractivity contribution is 0.212. The highest BCUT2D eigenvalue weighted by atomic mass is 16.5. The van der Waals surface area contributed by atoms with Crippen LogP contribution in [0.3, 0.4) is 0 Å². The first-order chi connectivity index (χ1) is 15.3. The standard InChI is InChI=1S/C26H28N4O/c1-20(31-23-10-6-3-7-11-23)26-28-24-13-12-22(29-16-14-27-15-17-29)18-25(24)30(26)19-21-8-4-2-5-9-21/h2-13,18,20,27H,14-17,19H2,1H3. The Hall–Kier alpha value is -3.31. The highest BCUT2D eigenvalue weighted by molar-refractivity contribution is 5.81. The van der Waals surface area contributed by atoms with E-state index in [2.05, 4.69) is 70.2 Å². The van der Waals surface area contributed by atoms with Gasteiger partial charge in [-0.2, -0.15) is 0 Å². The van der Waals surface area contributed by atoms with Crippen molar-refractivity contribution >= 4 is 16.7 Å². The number of para-hydroxylation sites is 1. The molecule has 5 nitrogen and oxygen atoms in total. The highest BCUT2D eigenvalue weighted by Crippen LogP contribution is 2.29. The number of ether oxygens (including phenoxy) is 1. The molecule has 1 fully saturated rings. The smallest absolute Gasteiger partial charge is 0.153 e. The van der Waals surface area contributed by atoms with E-state index in [1.807, 2.05) is 30.3 Å². The van der Waals surface area contributed by atoms with E-state index in [4.69, 9.17) is 9.72 Å². The number of rotatable bonds is 6. The van der Waals surface area contributed by atoms with Gasteiger partial charge < -0.3 is 19.5 Å². The molecule has 2 heterocycles. The van der Waals surface area contributed by atoms with E-state index in [0.717, 1.165) is 55.3 Å². The molecule has 3 aromatic carbocycles. The van der Waals surface area contributed by atoms with Crippen LogP contribution in [0, 0.1) is 0 Å². The number of anilines is 1. The second kappa shape index (κ2) is 8.82. The number of aromatic nitrogens is 2. The van der Waals surface area contributed by atoms with Gasteiger partial charge in [0.25, 0.3) is 0 Å². The maximum Gasteiger partial charge on any atom is 0.153 e. The number of hydrogen-bond acceptors (Lipinski definition) is 4. The van der Waals surface area contributed by atoms with Crippen LogP contribution in [0.15, 0.2) is 78.9 Å². The van der Waals surface area contributed by atoms with Gasteiger partial charge in [-0.05, 0) is 42.8 Å². The molecule has 1 saturated heterocycles. The molecule has 0 aliphatic carbocycles. The molecule has 1 atom stereocenters. The summed E-state index contributed by atoms with van der Waals surface area (Å²) in [6, 6.07) is 27.2. The Morgan fingerprint density at radius 2 is 1.65 bits per heavy atom. The topological polar surface area (TPSA) is 42.3 Å². The molecular formula is C26H28N4O. The molecule has 1 aliphatic heterocycles. The molecule has 158 valence electrons. The maximum atomic E-state index is 6.25. The molecule has 31 heavy (non-hydrogen) atoms. The van der Waals surface area contributed by atoms with Crippen molar-refractivity contribution in [3.05, 3.63) is 90.3 Å². The molecule has 0 bridgehead atoms. The van der Waals surface area contributed by atoms with E-state index in [1.54, 1.807) is 0 Å². The Bertz CT molecular complexity index is 1130. The number of imidazole rings is 1. The van der Waals surface area contributed by atoms with E-state index in [0.29, 0.717) is 0 Å². The molecular weight excluding hydrogens is 384 g/mol. The summed E-state index contributed by atoms with van der Waals surface area (Å²) >= 11 is 0. The summed E-state index contributed by atoms with van der Waals surface area (Å²) in [7, 11) is 0. The summed E-state index contributed by atoms with van der Waals surface area (Å²) in [5.41, 5.74) is 4.67. The van der Waals surface area contributed by atoms with Crippen LogP contribution in [-0.2, 0) is 6.54 Å². The monoisotopic (exact) mass is 412 g/mol. The maximum absolute atomic E-state index is 6.25. The third kappa shape index (κ3) is 4.28. The van der Waals surface area contributed by atoms with Gasteiger partial charge in [0.2, 0.25) is 0 Å². The molecule has 1 N–H and O–H groups in total. The van der Waals surface area contributed by atoms with Gasteiger partial charge in [0.1, 0.15) is 5.75 Å². The number of nitrogens with one attached hydrogen (secondary N) is 1. The highest BCUT2D eigenvalue weighted by Gasteiger charge is 2.20. The Labute approximate surface area is 183 Å². The van der Waals surface area contributed by atoms with Crippen LogP contribution >= 0.6 is 0 Å². The van der Waals surface area contributed by atoms with Crippen LogP contribution in [0.5, 0.6) is 5.75 Å². The molecule has 0 spiro atoms. The first kappa shape index (κ1) is 19.6. The third-order valence-corrected chi connectivity index (χ3v) is 5.85. The van der Waals surface area contributed by atoms with Gasteiger partial charge in [-0.25, -0.2) is 4.98 Å². The average molecular weight is 413 g/mol. The third-order valence-electron chi connectivity index (χ3n) is 5.85. The van der Waals surface area contributed by atoms with Gasteiger partial charge in [0.15, 0.2) is 11.9 Å². The van der Waals surface area contributed by atoms with Crippen LogP contribution in [0.25, 0.3) is 11.0 Å². The first-order valence-electron chi connectivity index (χ1n) is 11.0. The van der Waals surface area contributed by atoms with Crippen LogP contribution in [0.4, 0.5) is 5.69 Å². The summed E-state index contributed by atoms with van der Waals surface area (Å²) in [5, 5.41) is 3.43. The molecule has 5 rings (SSSR count). The second-order valence-corrected chi connectivity index (χ2v) is 8.02. The normalized spacial score (nSPS) is 15.2. The number of benzene rings is 3. The SMILES string of the molecule is CC(Oc1ccccc1)c1nc2ccc(N3CCNCC3)cc2n1Cc1ccccc1. The summed E-state index contributed by atoms with van der Waals surface area (Å²) in [6.07, 6.45) is -0.166. The van der Waals surface area contributed by atoms with Gasteiger partial charge in [-0.3, -0.25) is 0 Å². The number of fused-ring (bicyclic) bond motifs is 1. The molecule has 1 aliphatic rings. The van der Waals surface area contributed by atoms with Gasteiger partial charge in [-0.15, -0.1) is 0 Å². The minimum atomic E-state index is -0.166. The first-order valence-corrected chi connectivity index (χ1v) is 11.0. The molecule has 1 aromatic heterocycles. The number of nitrogens with zero attached hydrogens (tertiary/aromatic N) is 3. The van der Waals surface area contributed by atoms with Crippen molar-refractivity contribution in [2.45, 2.75) is 19.6 Å². The Balaban J connectivity index is 1.55. The van der Waals surface area contributed by atoms with Crippen molar-refractivity contribution in [1.29, 1.82) is 0 Å². The summed E-state index contributed by atoms with van der Waals surface area (Å²) in [5.74, 6) is 1.80. The van der Waals surface area contributed by atoms with Gasteiger partial charge in [-0.1, -0.05) is 48.5 Å². The second-order valence-electron chi connectivity index (χ2n) is 8.02. The van der Waals surface area contributed by atoms with Crippen molar-refractivity contribution in [2.75, 3.05) is 31.1 Å². The summed E-state index contributed by atoms with van der Waals surface area (Å²) in [6.45, 7) is 6.94. The average Bonchev–Trinajstić information content (AvgIpc) is 3.19. The van der Waals surface area contributed by atoms with Crippen LogP contribution in [0.2, 0.25) is 0 Å². The predicted molar refractivity (Wildman–Crippen MR) is 126 cm³/mol. The van der Waals surface area contributed by atoms with E-state index < -0.39 is 0 Å². The van der Waals surface area contributed by atoms with E-state index in [1.165, 1.54) is 11.3 Å². The lowest BCUT2D eigenvalue weighted by Crippen LogP contribution is -2.43. The fourth-order valence-electron chi connectivity index (χ4n) is 4.25. The van der Waals surface area contributed by atoms with Crippen LogP contribution < -0.4 is 15.0 Å². The van der Waals surface area contributed by atoms with Gasteiger partial charge in [0, 0.05) is 38.4 Å². The van der Waals surface area contributed by atoms with Crippen molar-refractivity contribution < 1.29 is 4.74 Å². The fraction of sp³-hybridized carbons (Fsp3) is 0.269. The molecule has 0 radical (unpaired) electrons. The van der Waals surface area contributed by atoms with E-state index in [-0.39, 0.29) is 6.10 Å². The van der Waals surface area contributed by atoms with Crippen molar-refractivity contribution in [3.63, 3.8) is 0 Å². The fourth-order valence-corrected chi connectivity index (χ4v) is 4.25. The minimum absolute atomic E-state index is 0.166. The van der Waals surface area contributed by atoms with Gasteiger partial charge in [0.05, 0.1) is 11.0 Å². The number of hydrogen-bond donors (Lipinski definition) is 1. The largest absolute Gasteiger partial charge is 0.483 e. The molecule has 0 amide bonds. The van der Waals surface area contributed by atoms with Crippen LogP contribution in [-0.4, -0.2) is 35.7 Å². The van der Waals surface area contributed by atoms with Gasteiger partial charge >= 0.3 is 0 Å². The molecule has 1 unspecified atom stereocenters. The Morgan fingerprint density at radius 1 is 0.935 bits per heavy atom. The zero-order valence-corrected chi connectivity index (χ0v) is 17.9. The van der Waals surface area contributed by atoms with Crippen molar-refractivity contribution in [1.82, 2.24) is 14.9 Å². The predicted octanol–water partition coefficient (Wildman–Crippen LogP) is 4.63. The van der Waals surface area contributed by atoms with Crippen molar-refractivity contribution in [2.24, 2.45) is 0 Å².